The molecule has 1 amide bonds. The number of amides is 1. The molecule has 0 radical (unpaired) electrons. The number of nitrogens with zero attached hydrogens (tertiary/aromatic N) is 2. The molecule has 3 rings (SSSR count). The van der Waals surface area contributed by atoms with E-state index in [-0.39, 0.29) is 5.91 Å². The molecular weight excluding hydrogens is 326 g/mol. The van der Waals surface area contributed by atoms with Gasteiger partial charge in [0.05, 0.1) is 19.0 Å². The van der Waals surface area contributed by atoms with Crippen LogP contribution in [-0.2, 0) is 0 Å². The van der Waals surface area contributed by atoms with Crippen molar-refractivity contribution in [1.29, 1.82) is 0 Å². The van der Waals surface area contributed by atoms with Crippen LogP contribution in [0.5, 0.6) is 5.75 Å². The first kappa shape index (κ1) is 17.7. The Bertz CT molecular complexity index is 973. The molecule has 0 atom stereocenters. The van der Waals surface area contributed by atoms with Gasteiger partial charge in [-0.2, -0.15) is 0 Å². The number of carbonyl (C=O) groups is 1. The van der Waals surface area contributed by atoms with Crippen LogP contribution in [0.1, 0.15) is 32.7 Å². The molecule has 1 heterocycles. The lowest BCUT2D eigenvalue weighted by atomic mass is 10.0. The number of ether oxygens (including phenoxy) is 1. The van der Waals surface area contributed by atoms with Gasteiger partial charge in [-0.3, -0.25) is 10.2 Å². The third kappa shape index (κ3) is 3.08. The number of hydrogen-bond donors (Lipinski definition) is 1. The topological polar surface area (TPSA) is 56.1 Å². The van der Waals surface area contributed by atoms with Gasteiger partial charge in [0, 0.05) is 16.7 Å². The fourth-order valence-corrected chi connectivity index (χ4v) is 3.00. The first-order chi connectivity index (χ1) is 12.4. The zero-order chi connectivity index (χ0) is 18.8. The molecule has 0 spiro atoms. The smallest absolute Gasteiger partial charge is 0.270 e. The Hall–Kier alpha value is -3.08. The summed E-state index contributed by atoms with van der Waals surface area (Å²) in [6, 6.07) is 11.5. The van der Waals surface area contributed by atoms with E-state index >= 15 is 0 Å². The third-order valence-corrected chi connectivity index (χ3v) is 4.75. The average Bonchev–Trinajstić information content (AvgIpc) is 2.98. The lowest BCUT2D eigenvalue weighted by Gasteiger charge is -2.15. The second-order valence-electron chi connectivity index (χ2n) is 6.38. The lowest BCUT2D eigenvalue weighted by molar-refractivity contribution is 0.101. The molecule has 0 saturated heterocycles. The summed E-state index contributed by atoms with van der Waals surface area (Å²) in [7, 11) is 1.60. The van der Waals surface area contributed by atoms with E-state index < -0.39 is 0 Å². The van der Waals surface area contributed by atoms with E-state index in [9.17, 15) is 4.79 Å². The van der Waals surface area contributed by atoms with Crippen molar-refractivity contribution in [3.63, 3.8) is 0 Å². The Kier molecular flexibility index (Phi) is 4.80. The number of aromatic nitrogens is 2. The number of rotatable bonds is 4. The standard InChI is InChI=1S/C21H23N3O2/c1-13-8-6-9-17(15(13)3)20-22-12-14(2)24(20)23-21(25)18-10-7-11-19(26-5)16(18)4/h6-12H,1-5H3,(H,23,25). The molecule has 0 unspecified atom stereocenters. The van der Waals surface area contributed by atoms with Crippen molar-refractivity contribution in [2.75, 3.05) is 12.5 Å². The highest BCUT2D eigenvalue weighted by molar-refractivity contribution is 6.02. The van der Waals surface area contributed by atoms with E-state index in [2.05, 4.69) is 30.3 Å². The van der Waals surface area contributed by atoms with Crippen LogP contribution in [-0.4, -0.2) is 22.7 Å². The highest BCUT2D eigenvalue weighted by Gasteiger charge is 2.17. The van der Waals surface area contributed by atoms with Crippen molar-refractivity contribution in [1.82, 2.24) is 9.66 Å². The summed E-state index contributed by atoms with van der Waals surface area (Å²) >= 11 is 0. The number of imidazole rings is 1. The van der Waals surface area contributed by atoms with Crippen LogP contribution in [0.4, 0.5) is 0 Å². The monoisotopic (exact) mass is 349 g/mol. The van der Waals surface area contributed by atoms with E-state index in [4.69, 9.17) is 4.74 Å². The summed E-state index contributed by atoms with van der Waals surface area (Å²) in [5.41, 5.74) is 8.54. The molecule has 0 bridgehead atoms. The summed E-state index contributed by atoms with van der Waals surface area (Å²) in [5, 5.41) is 0. The molecule has 0 saturated carbocycles. The maximum absolute atomic E-state index is 12.9. The molecular formula is C21H23N3O2. The third-order valence-electron chi connectivity index (χ3n) is 4.75. The van der Waals surface area contributed by atoms with Crippen molar-refractivity contribution in [2.24, 2.45) is 0 Å². The van der Waals surface area contributed by atoms with Gasteiger partial charge in [0.25, 0.3) is 5.91 Å². The number of nitrogens with one attached hydrogen (secondary N) is 1. The van der Waals surface area contributed by atoms with Crippen LogP contribution in [0.3, 0.4) is 0 Å². The Balaban J connectivity index is 2.01. The summed E-state index contributed by atoms with van der Waals surface area (Å²) in [6.07, 6.45) is 1.76. The predicted molar refractivity (Wildman–Crippen MR) is 103 cm³/mol. The molecule has 5 nitrogen and oxygen atoms in total. The summed E-state index contributed by atoms with van der Waals surface area (Å²) in [6.45, 7) is 7.92. The van der Waals surface area contributed by atoms with Crippen molar-refractivity contribution >= 4 is 5.91 Å². The number of hydrogen-bond acceptors (Lipinski definition) is 3. The van der Waals surface area contributed by atoms with Crippen molar-refractivity contribution in [2.45, 2.75) is 27.7 Å². The molecule has 5 heteroatoms. The van der Waals surface area contributed by atoms with Crippen molar-refractivity contribution in [3.8, 4) is 17.1 Å². The second-order valence-corrected chi connectivity index (χ2v) is 6.38. The number of aryl methyl sites for hydroxylation is 2. The molecule has 0 aliphatic rings. The first-order valence-corrected chi connectivity index (χ1v) is 8.50. The van der Waals surface area contributed by atoms with Gasteiger partial charge in [0.1, 0.15) is 5.75 Å². The van der Waals surface area contributed by atoms with Crippen LogP contribution in [0, 0.1) is 27.7 Å². The summed E-state index contributed by atoms with van der Waals surface area (Å²) in [4.78, 5) is 17.4. The quantitative estimate of drug-likeness (QED) is 0.769. The van der Waals surface area contributed by atoms with Gasteiger partial charge in [0.15, 0.2) is 5.82 Å². The van der Waals surface area contributed by atoms with Crippen LogP contribution in [0.2, 0.25) is 0 Å². The van der Waals surface area contributed by atoms with Crippen LogP contribution < -0.4 is 10.2 Å². The van der Waals surface area contributed by atoms with Crippen LogP contribution in [0.15, 0.2) is 42.6 Å². The first-order valence-electron chi connectivity index (χ1n) is 8.50. The largest absolute Gasteiger partial charge is 0.496 e. The zero-order valence-corrected chi connectivity index (χ0v) is 15.8. The van der Waals surface area contributed by atoms with Gasteiger partial charge in [-0.1, -0.05) is 24.3 Å². The second kappa shape index (κ2) is 7.04. The van der Waals surface area contributed by atoms with Crippen LogP contribution >= 0.6 is 0 Å². The van der Waals surface area contributed by atoms with Gasteiger partial charge in [-0.25, -0.2) is 9.66 Å². The molecule has 1 aromatic heterocycles. The minimum absolute atomic E-state index is 0.200. The Morgan fingerprint density at radius 3 is 2.50 bits per heavy atom. The van der Waals surface area contributed by atoms with E-state index in [1.54, 1.807) is 24.0 Å². The number of benzene rings is 2. The minimum atomic E-state index is -0.200. The molecule has 0 aliphatic heterocycles. The fraction of sp³-hybridized carbons (Fsp3) is 0.238. The molecule has 0 aliphatic carbocycles. The molecule has 0 fully saturated rings. The average molecular weight is 349 g/mol. The van der Waals surface area contributed by atoms with Crippen molar-refractivity contribution < 1.29 is 9.53 Å². The molecule has 2 aromatic carbocycles. The van der Waals surface area contributed by atoms with E-state index in [1.165, 1.54) is 5.56 Å². The highest BCUT2D eigenvalue weighted by atomic mass is 16.5. The maximum Gasteiger partial charge on any atom is 0.270 e. The fourth-order valence-electron chi connectivity index (χ4n) is 3.00. The summed E-state index contributed by atoms with van der Waals surface area (Å²) in [5.74, 6) is 1.21. The summed E-state index contributed by atoms with van der Waals surface area (Å²) < 4.78 is 7.06. The SMILES string of the molecule is COc1cccc(C(=O)Nn2c(C)cnc2-c2cccc(C)c2C)c1C. The lowest BCUT2D eigenvalue weighted by Crippen LogP contribution is -2.25. The number of methoxy groups -OCH3 is 1. The van der Waals surface area contributed by atoms with Gasteiger partial charge in [0.2, 0.25) is 0 Å². The minimum Gasteiger partial charge on any atom is -0.496 e. The van der Waals surface area contributed by atoms with Crippen LogP contribution in [0.25, 0.3) is 11.4 Å². The van der Waals surface area contributed by atoms with E-state index in [1.807, 2.05) is 38.1 Å². The molecule has 26 heavy (non-hydrogen) atoms. The van der Waals surface area contributed by atoms with Gasteiger partial charge in [-0.05, 0) is 51.0 Å². The Labute approximate surface area is 153 Å². The van der Waals surface area contributed by atoms with Crippen molar-refractivity contribution in [3.05, 3.63) is 70.5 Å². The number of carbonyl (C=O) groups excluding carboxylic acids is 1. The Morgan fingerprint density at radius 2 is 1.77 bits per heavy atom. The molecule has 134 valence electrons. The zero-order valence-electron chi connectivity index (χ0n) is 15.8. The Morgan fingerprint density at radius 1 is 1.04 bits per heavy atom. The van der Waals surface area contributed by atoms with Gasteiger partial charge < -0.3 is 4.74 Å². The predicted octanol–water partition coefficient (Wildman–Crippen LogP) is 4.18. The van der Waals surface area contributed by atoms with E-state index in [0.29, 0.717) is 11.3 Å². The molecule has 3 aromatic rings. The van der Waals surface area contributed by atoms with Gasteiger partial charge in [-0.15, -0.1) is 0 Å². The van der Waals surface area contributed by atoms with Gasteiger partial charge >= 0.3 is 0 Å². The molecule has 1 N–H and O–H groups in total. The highest BCUT2D eigenvalue weighted by Crippen LogP contribution is 2.25. The van der Waals surface area contributed by atoms with E-state index in [0.717, 1.165) is 28.2 Å². The maximum atomic E-state index is 12.9. The normalized spacial score (nSPS) is 10.7.